The van der Waals surface area contributed by atoms with Gasteiger partial charge in [-0.05, 0) is 58.1 Å². The van der Waals surface area contributed by atoms with Gasteiger partial charge in [-0.25, -0.2) is 9.78 Å². The van der Waals surface area contributed by atoms with Crippen LogP contribution in [0.15, 0.2) is 18.2 Å². The van der Waals surface area contributed by atoms with Gasteiger partial charge in [-0.3, -0.25) is 4.79 Å². The molecule has 1 spiro atoms. The molecule has 3 heterocycles. The first-order valence-corrected chi connectivity index (χ1v) is 12.9. The summed E-state index contributed by atoms with van der Waals surface area (Å²) in [7, 11) is 0. The van der Waals surface area contributed by atoms with Crippen LogP contribution in [-0.2, 0) is 40.9 Å². The topological polar surface area (TPSA) is 67.7 Å². The Kier molecular flexibility index (Phi) is 6.09. The molecule has 5 rings (SSSR count). The Morgan fingerprint density at radius 2 is 2.00 bits per heavy atom. The molecule has 182 valence electrons. The minimum absolute atomic E-state index is 0.00721. The molecule has 1 fully saturated rings. The first kappa shape index (κ1) is 23.2. The Morgan fingerprint density at radius 3 is 2.74 bits per heavy atom. The highest BCUT2D eigenvalue weighted by molar-refractivity contribution is 6.33. The number of carbonyl (C=O) groups is 2. The van der Waals surface area contributed by atoms with Crippen LogP contribution in [0.3, 0.4) is 0 Å². The summed E-state index contributed by atoms with van der Waals surface area (Å²) in [6.45, 7) is 7.75. The molecule has 1 saturated heterocycles. The van der Waals surface area contributed by atoms with Gasteiger partial charge in [0, 0.05) is 35.9 Å². The maximum absolute atomic E-state index is 13.9. The number of ether oxygens (including phenoxy) is 1. The number of halogens is 1. The van der Waals surface area contributed by atoms with Gasteiger partial charge in [0.25, 0.3) is 0 Å². The van der Waals surface area contributed by atoms with Crippen molar-refractivity contribution < 1.29 is 14.3 Å². The molecule has 1 aromatic carbocycles. The number of unbranched alkanes of at least 4 members (excludes halogenated alkanes) is 1. The van der Waals surface area contributed by atoms with Crippen molar-refractivity contribution in [1.82, 2.24) is 14.5 Å². The first-order valence-electron chi connectivity index (χ1n) is 12.5. The zero-order valence-corrected chi connectivity index (χ0v) is 21.0. The predicted octanol–water partition coefficient (Wildman–Crippen LogP) is 4.86. The lowest BCUT2D eigenvalue weighted by atomic mass is 9.75. The van der Waals surface area contributed by atoms with Crippen molar-refractivity contribution in [2.75, 3.05) is 18.0 Å². The lowest BCUT2D eigenvalue weighted by Gasteiger charge is -2.46. The summed E-state index contributed by atoms with van der Waals surface area (Å²) in [6, 6.07) is 5.68. The van der Waals surface area contributed by atoms with Crippen molar-refractivity contribution in [2.24, 2.45) is 0 Å². The molecule has 3 aliphatic rings. The number of rotatable bonds is 6. The standard InChI is InChI=1S/C26H33ClN4O3/c1-4-5-13-30-20-11-7-6-10-19(20)28-22(30)14-31-21-12-8-9-18(27)23(21)26(24(31)32)15-29(16-26)25(33)34-17(2)3/h8-9,12,17H,4-7,10-11,13-16H2,1-3H3. The van der Waals surface area contributed by atoms with E-state index in [4.69, 9.17) is 21.3 Å². The van der Waals surface area contributed by atoms with E-state index in [-0.39, 0.29) is 31.2 Å². The lowest BCUT2D eigenvalue weighted by Crippen LogP contribution is -2.65. The van der Waals surface area contributed by atoms with Gasteiger partial charge in [-0.2, -0.15) is 0 Å². The van der Waals surface area contributed by atoms with Crippen LogP contribution in [0.25, 0.3) is 0 Å². The fourth-order valence-electron chi connectivity index (χ4n) is 5.65. The molecule has 7 nitrogen and oxygen atoms in total. The molecule has 0 atom stereocenters. The second-order valence-electron chi connectivity index (χ2n) is 10.0. The van der Waals surface area contributed by atoms with E-state index < -0.39 is 5.41 Å². The number of fused-ring (bicyclic) bond motifs is 3. The molecule has 1 aromatic heterocycles. The molecule has 0 N–H and O–H groups in total. The number of hydrogen-bond acceptors (Lipinski definition) is 4. The molecular weight excluding hydrogens is 452 g/mol. The smallest absolute Gasteiger partial charge is 0.410 e. The second-order valence-corrected chi connectivity index (χ2v) is 10.4. The first-order chi connectivity index (χ1) is 16.4. The number of aryl methyl sites for hydroxylation is 1. The molecule has 0 unspecified atom stereocenters. The predicted molar refractivity (Wildman–Crippen MR) is 131 cm³/mol. The molecule has 2 amide bonds. The van der Waals surface area contributed by atoms with Crippen LogP contribution < -0.4 is 4.90 Å². The summed E-state index contributed by atoms with van der Waals surface area (Å²) in [5, 5.41) is 0.568. The Morgan fingerprint density at radius 1 is 1.24 bits per heavy atom. The van der Waals surface area contributed by atoms with Crippen molar-refractivity contribution in [3.05, 3.63) is 46.0 Å². The molecule has 8 heteroatoms. The number of carbonyl (C=O) groups excluding carboxylic acids is 2. The fourth-order valence-corrected chi connectivity index (χ4v) is 6.00. The van der Waals surface area contributed by atoms with Gasteiger partial charge in [0.05, 0.1) is 24.0 Å². The van der Waals surface area contributed by atoms with Crippen molar-refractivity contribution in [3.63, 3.8) is 0 Å². The van der Waals surface area contributed by atoms with Gasteiger partial charge >= 0.3 is 6.09 Å². The van der Waals surface area contributed by atoms with Crippen LogP contribution in [0, 0.1) is 0 Å². The molecule has 34 heavy (non-hydrogen) atoms. The summed E-state index contributed by atoms with van der Waals surface area (Å²) in [6.07, 6.45) is 6.03. The van der Waals surface area contributed by atoms with E-state index in [1.165, 1.54) is 24.2 Å². The van der Waals surface area contributed by atoms with Gasteiger partial charge in [0.1, 0.15) is 11.2 Å². The highest BCUT2D eigenvalue weighted by Crippen LogP contribution is 2.51. The molecule has 0 radical (unpaired) electrons. The normalized spacial score (nSPS) is 18.3. The number of amides is 2. The van der Waals surface area contributed by atoms with Crippen LogP contribution in [0.4, 0.5) is 10.5 Å². The Hall–Kier alpha value is -2.54. The Bertz CT molecular complexity index is 1120. The molecule has 0 saturated carbocycles. The maximum atomic E-state index is 13.9. The van der Waals surface area contributed by atoms with E-state index >= 15 is 0 Å². The number of likely N-dealkylation sites (tertiary alicyclic amines) is 1. The Balaban J connectivity index is 1.47. The lowest BCUT2D eigenvalue weighted by molar-refractivity contribution is -0.128. The average Bonchev–Trinajstić information content (AvgIpc) is 3.24. The largest absolute Gasteiger partial charge is 0.447 e. The third-order valence-corrected chi connectivity index (χ3v) is 7.59. The van der Waals surface area contributed by atoms with Gasteiger partial charge in [0.2, 0.25) is 5.91 Å². The summed E-state index contributed by atoms with van der Waals surface area (Å²) in [5.74, 6) is 0.944. The SMILES string of the molecule is CCCCn1c(CN2C(=O)C3(CN(C(=O)OC(C)C)C3)c3c(Cl)cccc32)nc2c1CCCC2. The highest BCUT2D eigenvalue weighted by Gasteiger charge is 2.60. The maximum Gasteiger partial charge on any atom is 0.410 e. The van der Waals surface area contributed by atoms with Gasteiger partial charge in [-0.15, -0.1) is 0 Å². The molecule has 2 aliphatic heterocycles. The number of hydrogen-bond donors (Lipinski definition) is 0. The van der Waals surface area contributed by atoms with Crippen LogP contribution in [0.5, 0.6) is 0 Å². The summed E-state index contributed by atoms with van der Waals surface area (Å²) in [4.78, 5) is 34.8. The van der Waals surface area contributed by atoms with Crippen LogP contribution in [0.1, 0.15) is 69.2 Å². The zero-order valence-electron chi connectivity index (χ0n) is 20.3. The summed E-state index contributed by atoms with van der Waals surface area (Å²) in [5.41, 5.74) is 3.37. The number of nitrogens with zero attached hydrogens (tertiary/aromatic N) is 4. The second kappa shape index (κ2) is 8.91. The van der Waals surface area contributed by atoms with Crippen molar-refractivity contribution in [1.29, 1.82) is 0 Å². The van der Waals surface area contributed by atoms with Crippen molar-refractivity contribution in [2.45, 2.75) is 83.9 Å². The minimum atomic E-state index is -0.815. The molecule has 1 aliphatic carbocycles. The monoisotopic (exact) mass is 484 g/mol. The van der Waals surface area contributed by atoms with Gasteiger partial charge < -0.3 is 19.1 Å². The summed E-state index contributed by atoms with van der Waals surface area (Å²) >= 11 is 6.66. The van der Waals surface area contributed by atoms with Crippen molar-refractivity contribution >= 4 is 29.3 Å². The molecule has 0 bridgehead atoms. The van der Waals surface area contributed by atoms with Crippen molar-refractivity contribution in [3.8, 4) is 0 Å². The zero-order chi connectivity index (χ0) is 24.0. The number of benzene rings is 1. The van der Waals surface area contributed by atoms with E-state index in [0.29, 0.717) is 11.6 Å². The number of anilines is 1. The van der Waals surface area contributed by atoms with Gasteiger partial charge in [-0.1, -0.05) is 31.0 Å². The Labute approximate surface area is 206 Å². The molecular formula is C26H33ClN4O3. The number of imidazole rings is 1. The summed E-state index contributed by atoms with van der Waals surface area (Å²) < 4.78 is 7.70. The van der Waals surface area contributed by atoms with E-state index in [1.54, 1.807) is 4.90 Å². The van der Waals surface area contributed by atoms with E-state index in [0.717, 1.165) is 49.3 Å². The molecule has 2 aromatic rings. The van der Waals surface area contributed by atoms with E-state index in [1.807, 2.05) is 36.9 Å². The quantitative estimate of drug-likeness (QED) is 0.587. The van der Waals surface area contributed by atoms with E-state index in [2.05, 4.69) is 11.5 Å². The fraction of sp³-hybridized carbons (Fsp3) is 0.577. The highest BCUT2D eigenvalue weighted by atomic mass is 35.5. The van der Waals surface area contributed by atoms with Crippen LogP contribution >= 0.6 is 11.6 Å². The number of aromatic nitrogens is 2. The third kappa shape index (κ3) is 3.69. The average molecular weight is 485 g/mol. The van der Waals surface area contributed by atoms with E-state index in [9.17, 15) is 9.59 Å². The van der Waals surface area contributed by atoms with Crippen LogP contribution in [0.2, 0.25) is 5.02 Å². The van der Waals surface area contributed by atoms with Crippen LogP contribution in [-0.4, -0.2) is 45.6 Å². The third-order valence-electron chi connectivity index (χ3n) is 7.28. The minimum Gasteiger partial charge on any atom is -0.447 e. The van der Waals surface area contributed by atoms with Gasteiger partial charge in [0.15, 0.2) is 0 Å².